The van der Waals surface area contributed by atoms with Crippen LogP contribution in [0.5, 0.6) is 0 Å². The Hall–Kier alpha value is -1.52. The Morgan fingerprint density at radius 2 is 2.29 bits per heavy atom. The maximum Gasteiger partial charge on any atom is 0.0529 e. The van der Waals surface area contributed by atoms with E-state index in [2.05, 4.69) is 23.1 Å². The fraction of sp³-hybridized carbons (Fsp3) is 0.529. The first-order chi connectivity index (χ1) is 10.3. The zero-order valence-corrected chi connectivity index (χ0v) is 12.4. The molecule has 4 nitrogen and oxygen atoms in total. The number of hydrogen-bond donors (Lipinski definition) is 2. The van der Waals surface area contributed by atoms with Crippen molar-refractivity contribution < 1.29 is 9.84 Å². The van der Waals surface area contributed by atoms with E-state index < -0.39 is 0 Å². The molecule has 3 N–H and O–H groups in total. The minimum Gasteiger partial charge on any atom is -0.399 e. The first-order valence-electron chi connectivity index (χ1n) is 7.77. The lowest BCUT2D eigenvalue weighted by Crippen LogP contribution is -2.21. The van der Waals surface area contributed by atoms with Crippen LogP contribution in [-0.4, -0.2) is 38.0 Å². The van der Waals surface area contributed by atoms with E-state index in [9.17, 15) is 5.11 Å². The number of ether oxygens (including phenoxy) is 1. The van der Waals surface area contributed by atoms with Crippen LogP contribution in [-0.2, 0) is 4.74 Å². The molecule has 2 aliphatic rings. The molecule has 0 saturated carbocycles. The molecule has 3 rings (SSSR count). The van der Waals surface area contributed by atoms with Gasteiger partial charge in [-0.1, -0.05) is 12.2 Å². The van der Waals surface area contributed by atoms with E-state index in [0.717, 1.165) is 44.8 Å². The lowest BCUT2D eigenvalue weighted by Gasteiger charge is -2.21. The lowest BCUT2D eigenvalue weighted by atomic mass is 10.0. The topological polar surface area (TPSA) is 58.7 Å². The van der Waals surface area contributed by atoms with Crippen molar-refractivity contribution in [1.29, 1.82) is 0 Å². The van der Waals surface area contributed by atoms with Gasteiger partial charge in [0.15, 0.2) is 0 Å². The maximum atomic E-state index is 9.32. The van der Waals surface area contributed by atoms with Gasteiger partial charge in [0.05, 0.1) is 6.61 Å². The highest BCUT2D eigenvalue weighted by atomic mass is 16.5. The normalized spacial score (nSPS) is 26.0. The molecule has 0 bridgehead atoms. The number of nitrogens with two attached hydrogens (primary N) is 1. The first kappa shape index (κ1) is 14.4. The molecule has 0 spiro atoms. The predicted molar refractivity (Wildman–Crippen MR) is 86.2 cm³/mol. The number of aliphatic hydroxyl groups is 1. The predicted octanol–water partition coefficient (Wildman–Crippen LogP) is 2.14. The lowest BCUT2D eigenvalue weighted by molar-refractivity contribution is 0.191. The van der Waals surface area contributed by atoms with Gasteiger partial charge in [0.1, 0.15) is 0 Å². The highest BCUT2D eigenvalue weighted by molar-refractivity contribution is 5.71. The van der Waals surface area contributed by atoms with Crippen molar-refractivity contribution in [3.8, 4) is 0 Å². The van der Waals surface area contributed by atoms with Crippen molar-refractivity contribution in [2.24, 2.45) is 11.8 Å². The molecular formula is C17H24N2O2. The van der Waals surface area contributed by atoms with E-state index in [0.29, 0.717) is 11.8 Å². The summed E-state index contributed by atoms with van der Waals surface area (Å²) in [4.78, 5) is 2.35. The highest BCUT2D eigenvalue weighted by Crippen LogP contribution is 2.30. The molecule has 2 fully saturated rings. The molecule has 1 aromatic carbocycles. The SMILES string of the molecule is Nc1ccc(N2CCC(CO)C2)c(/C=C/C2CCOC2)c1. The number of nitrogens with zero attached hydrogens (tertiary/aromatic N) is 1. The number of aliphatic hydroxyl groups excluding tert-OH is 1. The number of rotatable bonds is 4. The van der Waals surface area contributed by atoms with Gasteiger partial charge in [-0.25, -0.2) is 0 Å². The first-order valence-corrected chi connectivity index (χ1v) is 7.77. The Kier molecular flexibility index (Phi) is 4.46. The molecule has 2 saturated heterocycles. The molecule has 0 aliphatic carbocycles. The zero-order valence-electron chi connectivity index (χ0n) is 12.4. The van der Waals surface area contributed by atoms with Crippen LogP contribution in [0.25, 0.3) is 6.08 Å². The molecule has 2 unspecified atom stereocenters. The van der Waals surface area contributed by atoms with Crippen LogP contribution in [0.1, 0.15) is 18.4 Å². The summed E-state index contributed by atoms with van der Waals surface area (Å²) < 4.78 is 5.41. The molecule has 4 heteroatoms. The second-order valence-electron chi connectivity index (χ2n) is 6.08. The van der Waals surface area contributed by atoms with Crippen molar-refractivity contribution in [2.45, 2.75) is 12.8 Å². The molecule has 114 valence electrons. The summed E-state index contributed by atoms with van der Waals surface area (Å²) in [5, 5.41) is 9.32. The van der Waals surface area contributed by atoms with Crippen LogP contribution in [0.15, 0.2) is 24.3 Å². The van der Waals surface area contributed by atoms with Crippen LogP contribution < -0.4 is 10.6 Å². The Bertz CT molecular complexity index is 510. The van der Waals surface area contributed by atoms with Gasteiger partial charge in [-0.3, -0.25) is 0 Å². The summed E-state index contributed by atoms with van der Waals surface area (Å²) in [5.74, 6) is 0.908. The highest BCUT2D eigenvalue weighted by Gasteiger charge is 2.23. The van der Waals surface area contributed by atoms with Crippen molar-refractivity contribution in [3.63, 3.8) is 0 Å². The summed E-state index contributed by atoms with van der Waals surface area (Å²) in [6.07, 6.45) is 6.58. The smallest absolute Gasteiger partial charge is 0.0529 e. The van der Waals surface area contributed by atoms with Crippen LogP contribution in [0.3, 0.4) is 0 Å². The van der Waals surface area contributed by atoms with Crippen molar-refractivity contribution in [3.05, 3.63) is 29.8 Å². The number of hydrogen-bond acceptors (Lipinski definition) is 4. The van der Waals surface area contributed by atoms with Gasteiger partial charge in [0.25, 0.3) is 0 Å². The minimum absolute atomic E-state index is 0.274. The van der Waals surface area contributed by atoms with Crippen molar-refractivity contribution in [1.82, 2.24) is 0 Å². The monoisotopic (exact) mass is 288 g/mol. The molecule has 2 aliphatic heterocycles. The summed E-state index contributed by atoms with van der Waals surface area (Å²) in [6, 6.07) is 6.09. The van der Waals surface area contributed by atoms with Gasteiger partial charge in [-0.15, -0.1) is 0 Å². The minimum atomic E-state index is 0.274. The van der Waals surface area contributed by atoms with Gasteiger partial charge >= 0.3 is 0 Å². The third-order valence-corrected chi connectivity index (χ3v) is 4.45. The summed E-state index contributed by atoms with van der Waals surface area (Å²) in [7, 11) is 0. The van der Waals surface area contributed by atoms with Crippen LogP contribution in [0, 0.1) is 11.8 Å². The van der Waals surface area contributed by atoms with Crippen molar-refractivity contribution in [2.75, 3.05) is 43.5 Å². The van der Waals surface area contributed by atoms with Crippen LogP contribution in [0.2, 0.25) is 0 Å². The van der Waals surface area contributed by atoms with Gasteiger partial charge in [0.2, 0.25) is 0 Å². The maximum absolute atomic E-state index is 9.32. The van der Waals surface area contributed by atoms with Crippen molar-refractivity contribution >= 4 is 17.5 Å². The van der Waals surface area contributed by atoms with E-state index >= 15 is 0 Å². The molecular weight excluding hydrogens is 264 g/mol. The van der Waals surface area contributed by atoms with Gasteiger partial charge in [-0.05, 0) is 36.6 Å². The third-order valence-electron chi connectivity index (χ3n) is 4.45. The number of anilines is 2. The van der Waals surface area contributed by atoms with E-state index in [-0.39, 0.29) is 6.61 Å². The summed E-state index contributed by atoms with van der Waals surface area (Å²) in [6.45, 7) is 3.89. The Labute approximate surface area is 126 Å². The van der Waals surface area contributed by atoms with E-state index in [1.54, 1.807) is 0 Å². The second kappa shape index (κ2) is 6.50. The molecule has 0 amide bonds. The summed E-state index contributed by atoms with van der Waals surface area (Å²) in [5.41, 5.74) is 9.12. The zero-order chi connectivity index (χ0) is 14.7. The standard InChI is InChI=1S/C17H24N2O2/c18-16-3-4-17(19-7-5-14(10-19)11-20)15(9-16)2-1-13-6-8-21-12-13/h1-4,9,13-14,20H,5-8,10-12,18H2/b2-1+. The molecule has 0 radical (unpaired) electrons. The molecule has 2 heterocycles. The average molecular weight is 288 g/mol. The van der Waals surface area contributed by atoms with Gasteiger partial charge in [0, 0.05) is 49.5 Å². The third kappa shape index (κ3) is 3.39. The Balaban J connectivity index is 1.79. The van der Waals surface area contributed by atoms with Crippen LogP contribution in [0.4, 0.5) is 11.4 Å². The van der Waals surface area contributed by atoms with E-state index in [1.165, 1.54) is 11.3 Å². The van der Waals surface area contributed by atoms with Crippen LogP contribution >= 0.6 is 0 Å². The molecule has 1 aromatic rings. The fourth-order valence-corrected chi connectivity index (χ4v) is 3.14. The van der Waals surface area contributed by atoms with Gasteiger partial charge in [-0.2, -0.15) is 0 Å². The quantitative estimate of drug-likeness (QED) is 0.833. The Morgan fingerprint density at radius 3 is 3.00 bits per heavy atom. The summed E-state index contributed by atoms with van der Waals surface area (Å²) >= 11 is 0. The largest absolute Gasteiger partial charge is 0.399 e. The average Bonchev–Trinajstić information content (AvgIpc) is 3.16. The van der Waals surface area contributed by atoms with Gasteiger partial charge < -0.3 is 20.5 Å². The Morgan fingerprint density at radius 1 is 1.38 bits per heavy atom. The van der Waals surface area contributed by atoms with E-state index in [1.807, 2.05) is 12.1 Å². The van der Waals surface area contributed by atoms with E-state index in [4.69, 9.17) is 10.5 Å². The molecule has 2 atom stereocenters. The number of nitrogen functional groups attached to an aromatic ring is 1. The fourth-order valence-electron chi connectivity index (χ4n) is 3.14. The second-order valence-corrected chi connectivity index (χ2v) is 6.08. The number of benzene rings is 1. The molecule has 21 heavy (non-hydrogen) atoms. The molecule has 0 aromatic heterocycles.